The van der Waals surface area contributed by atoms with E-state index in [0.29, 0.717) is 18.7 Å². The first-order valence-corrected chi connectivity index (χ1v) is 13.6. The van der Waals surface area contributed by atoms with Crippen molar-refractivity contribution in [2.45, 2.75) is 32.4 Å². The van der Waals surface area contributed by atoms with Crippen LogP contribution in [0.5, 0.6) is 5.75 Å². The Hall–Kier alpha value is -2.61. The number of likely N-dealkylation sites (N-methyl/N-ethyl adjacent to an activating group) is 1. The first-order chi connectivity index (χ1) is 17.3. The van der Waals surface area contributed by atoms with Crippen molar-refractivity contribution in [1.29, 1.82) is 0 Å². The molecular formula is C29H36BrN5O. The molecule has 0 radical (unpaired) electrons. The van der Waals surface area contributed by atoms with Crippen LogP contribution in [-0.2, 0) is 0 Å². The van der Waals surface area contributed by atoms with Gasteiger partial charge in [0.15, 0.2) is 0 Å². The Kier molecular flexibility index (Phi) is 7.24. The minimum atomic E-state index is 0.500. The highest BCUT2D eigenvalue weighted by molar-refractivity contribution is 9.10. The van der Waals surface area contributed by atoms with Gasteiger partial charge in [0.25, 0.3) is 0 Å². The predicted molar refractivity (Wildman–Crippen MR) is 153 cm³/mol. The van der Waals surface area contributed by atoms with Crippen molar-refractivity contribution in [3.05, 3.63) is 59.2 Å². The molecule has 0 spiro atoms. The van der Waals surface area contributed by atoms with Crippen LogP contribution in [0, 0.1) is 0 Å². The van der Waals surface area contributed by atoms with Crippen molar-refractivity contribution in [3.63, 3.8) is 0 Å². The minimum absolute atomic E-state index is 0.500. The number of hydrogen-bond donors (Lipinski definition) is 0. The average Bonchev–Trinajstić information content (AvgIpc) is 3.23. The highest BCUT2D eigenvalue weighted by Gasteiger charge is 2.28. The van der Waals surface area contributed by atoms with Crippen LogP contribution in [0.15, 0.2) is 59.2 Å². The molecule has 1 aliphatic rings. The van der Waals surface area contributed by atoms with Gasteiger partial charge in [-0.1, -0.05) is 12.1 Å². The molecule has 1 fully saturated rings. The summed E-state index contributed by atoms with van der Waals surface area (Å²) in [6.07, 6.45) is 3.22. The van der Waals surface area contributed by atoms with Gasteiger partial charge in [0.05, 0.1) is 27.8 Å². The molecule has 5 rings (SSSR count). The van der Waals surface area contributed by atoms with E-state index in [9.17, 15) is 0 Å². The van der Waals surface area contributed by atoms with E-state index in [2.05, 4.69) is 125 Å². The van der Waals surface area contributed by atoms with Gasteiger partial charge in [-0.25, -0.2) is 4.98 Å². The number of halogens is 1. The number of para-hydroxylation sites is 1. The van der Waals surface area contributed by atoms with Crippen LogP contribution in [0.4, 0.5) is 5.69 Å². The zero-order chi connectivity index (χ0) is 25.4. The lowest BCUT2D eigenvalue weighted by atomic mass is 10.1. The van der Waals surface area contributed by atoms with E-state index in [0.717, 1.165) is 58.6 Å². The second-order valence-corrected chi connectivity index (χ2v) is 11.2. The molecule has 0 amide bonds. The number of piperazine rings is 1. The van der Waals surface area contributed by atoms with Crippen molar-refractivity contribution in [2.75, 3.05) is 52.3 Å². The van der Waals surface area contributed by atoms with Gasteiger partial charge in [0.1, 0.15) is 11.4 Å². The molecule has 0 unspecified atom stereocenters. The summed E-state index contributed by atoms with van der Waals surface area (Å²) in [6.45, 7) is 8.36. The lowest BCUT2D eigenvalue weighted by Crippen LogP contribution is -2.55. The topological polar surface area (TPSA) is 36.3 Å². The molecule has 4 aromatic rings. The first-order valence-electron chi connectivity index (χ1n) is 12.8. The number of imidazole rings is 1. The molecule has 0 saturated carbocycles. The Labute approximate surface area is 222 Å². The summed E-state index contributed by atoms with van der Waals surface area (Å²) in [5, 5.41) is 0. The second kappa shape index (κ2) is 10.4. The highest BCUT2D eigenvalue weighted by atomic mass is 79.9. The quantitative estimate of drug-likeness (QED) is 0.273. The number of benzene rings is 2. The van der Waals surface area contributed by atoms with Crippen LogP contribution in [0.3, 0.4) is 0 Å². The van der Waals surface area contributed by atoms with E-state index in [4.69, 9.17) is 9.72 Å². The SMILES string of the molecule is C[C@@H]1CN(c2cccc3nc4ccc(-c5ccc(OCCCN(C)C)c(Br)c5)cn4c23)C[C@H](C)N1C. The first kappa shape index (κ1) is 25.1. The Morgan fingerprint density at radius 3 is 2.50 bits per heavy atom. The lowest BCUT2D eigenvalue weighted by Gasteiger charge is -2.43. The van der Waals surface area contributed by atoms with Crippen LogP contribution >= 0.6 is 15.9 Å². The van der Waals surface area contributed by atoms with Gasteiger partial charge in [-0.05, 0) is 105 Å². The molecule has 2 atom stereocenters. The van der Waals surface area contributed by atoms with Crippen molar-refractivity contribution in [2.24, 2.45) is 0 Å². The normalized spacial score (nSPS) is 19.0. The van der Waals surface area contributed by atoms with Crippen molar-refractivity contribution in [1.82, 2.24) is 19.2 Å². The third kappa shape index (κ3) is 4.97. The second-order valence-electron chi connectivity index (χ2n) is 10.3. The van der Waals surface area contributed by atoms with E-state index >= 15 is 0 Å². The predicted octanol–water partition coefficient (Wildman–Crippen LogP) is 5.78. The van der Waals surface area contributed by atoms with Crippen LogP contribution in [0.1, 0.15) is 20.3 Å². The van der Waals surface area contributed by atoms with Gasteiger partial charge in [-0.15, -0.1) is 0 Å². The summed E-state index contributed by atoms with van der Waals surface area (Å²) in [7, 11) is 6.40. The molecule has 0 N–H and O–H groups in total. The molecule has 1 aliphatic heterocycles. The molecule has 2 aromatic carbocycles. The monoisotopic (exact) mass is 549 g/mol. The molecule has 190 valence electrons. The van der Waals surface area contributed by atoms with Gasteiger partial charge >= 0.3 is 0 Å². The molecule has 2 aromatic heterocycles. The Morgan fingerprint density at radius 2 is 1.78 bits per heavy atom. The zero-order valence-electron chi connectivity index (χ0n) is 21.9. The number of fused-ring (bicyclic) bond motifs is 3. The van der Waals surface area contributed by atoms with Crippen LogP contribution in [0.25, 0.3) is 27.8 Å². The van der Waals surface area contributed by atoms with E-state index in [-0.39, 0.29) is 0 Å². The maximum Gasteiger partial charge on any atom is 0.138 e. The molecule has 6 nitrogen and oxygen atoms in total. The Morgan fingerprint density at radius 1 is 1.03 bits per heavy atom. The molecule has 3 heterocycles. The maximum atomic E-state index is 6.00. The van der Waals surface area contributed by atoms with Gasteiger partial charge in [0.2, 0.25) is 0 Å². The molecule has 1 saturated heterocycles. The fourth-order valence-electron chi connectivity index (χ4n) is 5.13. The molecule has 0 bridgehead atoms. The summed E-state index contributed by atoms with van der Waals surface area (Å²) < 4.78 is 9.23. The van der Waals surface area contributed by atoms with Gasteiger partial charge in [-0.3, -0.25) is 9.30 Å². The molecular weight excluding hydrogens is 514 g/mol. The summed E-state index contributed by atoms with van der Waals surface area (Å²) in [5.41, 5.74) is 6.73. The summed E-state index contributed by atoms with van der Waals surface area (Å²) in [5.74, 6) is 0.882. The summed E-state index contributed by atoms with van der Waals surface area (Å²) in [4.78, 5) is 12.1. The summed E-state index contributed by atoms with van der Waals surface area (Å²) in [6, 6.07) is 18.1. The van der Waals surface area contributed by atoms with E-state index in [1.165, 1.54) is 11.2 Å². The van der Waals surface area contributed by atoms with Crippen molar-refractivity contribution < 1.29 is 4.74 Å². The molecule has 0 aliphatic carbocycles. The summed E-state index contributed by atoms with van der Waals surface area (Å²) >= 11 is 3.72. The standard InChI is InChI=1S/C29H36BrN5O/c1-20-17-34(18-21(2)33(20)5)26-9-6-8-25-29(26)35-19-23(11-13-28(35)31-25)22-10-12-27(24(30)16-22)36-15-7-14-32(3)4/h6,8-13,16,19-21H,7,14-15,17-18H2,1-5H3/t20-,21+. The van der Waals surface area contributed by atoms with E-state index in [1.54, 1.807) is 0 Å². The van der Waals surface area contributed by atoms with Crippen LogP contribution in [-0.4, -0.2) is 78.7 Å². The van der Waals surface area contributed by atoms with Gasteiger partial charge in [0, 0.05) is 37.9 Å². The number of anilines is 1. The fourth-order valence-corrected chi connectivity index (χ4v) is 5.62. The third-order valence-corrected chi connectivity index (χ3v) is 7.99. The largest absolute Gasteiger partial charge is 0.492 e. The molecule has 7 heteroatoms. The third-order valence-electron chi connectivity index (χ3n) is 7.37. The number of rotatable bonds is 7. The zero-order valence-corrected chi connectivity index (χ0v) is 23.5. The van der Waals surface area contributed by atoms with E-state index < -0.39 is 0 Å². The van der Waals surface area contributed by atoms with Gasteiger partial charge < -0.3 is 14.5 Å². The number of hydrogen-bond acceptors (Lipinski definition) is 5. The highest BCUT2D eigenvalue weighted by Crippen LogP contribution is 2.34. The van der Waals surface area contributed by atoms with Crippen LogP contribution < -0.4 is 9.64 Å². The van der Waals surface area contributed by atoms with Crippen molar-refractivity contribution in [3.8, 4) is 16.9 Å². The maximum absolute atomic E-state index is 6.00. The van der Waals surface area contributed by atoms with Gasteiger partial charge in [-0.2, -0.15) is 0 Å². The Bertz CT molecular complexity index is 1350. The average molecular weight is 551 g/mol. The lowest BCUT2D eigenvalue weighted by molar-refractivity contribution is 0.170. The minimum Gasteiger partial charge on any atom is -0.492 e. The smallest absolute Gasteiger partial charge is 0.138 e. The van der Waals surface area contributed by atoms with E-state index in [1.807, 2.05) is 0 Å². The van der Waals surface area contributed by atoms with Crippen molar-refractivity contribution >= 4 is 38.3 Å². The number of nitrogens with zero attached hydrogens (tertiary/aromatic N) is 5. The fraction of sp³-hybridized carbons (Fsp3) is 0.414. The number of ether oxygens (including phenoxy) is 1. The van der Waals surface area contributed by atoms with Crippen LogP contribution in [0.2, 0.25) is 0 Å². The Balaban J connectivity index is 1.47. The number of pyridine rings is 1. The molecule has 36 heavy (non-hydrogen) atoms. The number of aromatic nitrogens is 2.